The van der Waals surface area contributed by atoms with Crippen molar-refractivity contribution >= 4 is 5.91 Å². The molecule has 0 aliphatic heterocycles. The van der Waals surface area contributed by atoms with Crippen molar-refractivity contribution in [3.63, 3.8) is 0 Å². The van der Waals surface area contributed by atoms with Gasteiger partial charge in [0.05, 0.1) is 18.1 Å². The minimum atomic E-state index is -0.417. The highest BCUT2D eigenvalue weighted by atomic mass is 16.5. The van der Waals surface area contributed by atoms with E-state index in [0.717, 1.165) is 0 Å². The van der Waals surface area contributed by atoms with Gasteiger partial charge in [0.2, 0.25) is 5.91 Å². The molecule has 0 unspecified atom stereocenters. The molecule has 0 fully saturated rings. The fraction of sp³-hybridized carbons (Fsp3) is 0.800. The first-order chi connectivity index (χ1) is 6.52. The van der Waals surface area contributed by atoms with Gasteiger partial charge in [0, 0.05) is 20.1 Å². The van der Waals surface area contributed by atoms with Crippen molar-refractivity contribution in [3.05, 3.63) is 0 Å². The fourth-order valence-electron chi connectivity index (χ4n) is 0.917. The molecule has 1 amide bonds. The van der Waals surface area contributed by atoms with Crippen LogP contribution in [0, 0.1) is 11.3 Å². The van der Waals surface area contributed by atoms with Crippen LogP contribution in [0.2, 0.25) is 0 Å². The van der Waals surface area contributed by atoms with Crippen LogP contribution in [0.15, 0.2) is 0 Å². The Balaban J connectivity index is 3.62. The summed E-state index contributed by atoms with van der Waals surface area (Å²) in [5.41, 5.74) is -0.417. The highest BCUT2D eigenvalue weighted by molar-refractivity contribution is 5.76. The number of nitrogens with one attached hydrogen (secondary N) is 1. The van der Waals surface area contributed by atoms with Crippen molar-refractivity contribution in [1.29, 1.82) is 5.26 Å². The lowest BCUT2D eigenvalue weighted by atomic mass is 10.1. The van der Waals surface area contributed by atoms with E-state index in [1.54, 1.807) is 7.11 Å². The Bertz CT molecular complexity index is 219. The van der Waals surface area contributed by atoms with Gasteiger partial charge in [-0.05, 0) is 20.3 Å². The van der Waals surface area contributed by atoms with E-state index in [1.165, 1.54) is 0 Å². The minimum absolute atomic E-state index is 0.0326. The molecule has 0 rings (SSSR count). The second kappa shape index (κ2) is 6.39. The van der Waals surface area contributed by atoms with Crippen molar-refractivity contribution in [2.45, 2.75) is 38.7 Å². The third-order valence-corrected chi connectivity index (χ3v) is 1.93. The Labute approximate surface area is 85.2 Å². The van der Waals surface area contributed by atoms with Crippen LogP contribution >= 0.6 is 0 Å². The van der Waals surface area contributed by atoms with E-state index in [0.29, 0.717) is 25.8 Å². The molecule has 0 saturated carbocycles. The third kappa shape index (κ3) is 6.44. The molecule has 0 radical (unpaired) electrons. The molecule has 4 heteroatoms. The summed E-state index contributed by atoms with van der Waals surface area (Å²) in [6.07, 6.45) is 1.53. The number of unbranched alkanes of at least 4 members (excludes halogenated alkanes) is 1. The van der Waals surface area contributed by atoms with Crippen LogP contribution in [0.4, 0.5) is 0 Å². The van der Waals surface area contributed by atoms with Crippen LogP contribution in [0.1, 0.15) is 33.1 Å². The molecule has 0 aliphatic rings. The molecule has 1 N–H and O–H groups in total. The maximum Gasteiger partial charge on any atom is 0.222 e. The van der Waals surface area contributed by atoms with Crippen molar-refractivity contribution in [2.24, 2.45) is 0 Å². The maximum absolute atomic E-state index is 11.3. The summed E-state index contributed by atoms with van der Waals surface area (Å²) in [5.74, 6) is -0.0326. The summed E-state index contributed by atoms with van der Waals surface area (Å²) in [6.45, 7) is 4.29. The lowest BCUT2D eigenvalue weighted by Gasteiger charge is -2.21. The van der Waals surface area contributed by atoms with Crippen molar-refractivity contribution in [3.8, 4) is 6.07 Å². The normalized spacial score (nSPS) is 10.7. The van der Waals surface area contributed by atoms with Crippen LogP contribution in [-0.4, -0.2) is 25.2 Å². The molecule has 80 valence electrons. The lowest BCUT2D eigenvalue weighted by molar-refractivity contribution is -0.126. The Morgan fingerprint density at radius 1 is 1.57 bits per heavy atom. The summed E-state index contributed by atoms with van der Waals surface area (Å²) in [4.78, 5) is 11.3. The first-order valence-electron chi connectivity index (χ1n) is 4.70. The highest BCUT2D eigenvalue weighted by Crippen LogP contribution is 2.11. The molecule has 0 bridgehead atoms. The third-order valence-electron chi connectivity index (χ3n) is 1.93. The zero-order valence-electron chi connectivity index (χ0n) is 9.09. The highest BCUT2D eigenvalue weighted by Gasteiger charge is 2.20. The van der Waals surface area contributed by atoms with Gasteiger partial charge < -0.3 is 10.1 Å². The molecule has 0 spiro atoms. The largest absolute Gasteiger partial charge is 0.378 e. The number of carbonyl (C=O) groups excluding carboxylic acids is 1. The number of hydrogen-bond acceptors (Lipinski definition) is 3. The second-order valence-corrected chi connectivity index (χ2v) is 3.75. The first-order valence-corrected chi connectivity index (χ1v) is 4.70. The van der Waals surface area contributed by atoms with E-state index in [9.17, 15) is 4.79 Å². The number of nitriles is 1. The minimum Gasteiger partial charge on any atom is -0.378 e. The van der Waals surface area contributed by atoms with Crippen LogP contribution < -0.4 is 5.32 Å². The van der Waals surface area contributed by atoms with E-state index < -0.39 is 5.60 Å². The molecule has 0 aromatic rings. The van der Waals surface area contributed by atoms with Crippen LogP contribution in [0.5, 0.6) is 0 Å². The maximum atomic E-state index is 11.3. The average Bonchev–Trinajstić information content (AvgIpc) is 2.12. The molecule has 4 nitrogen and oxygen atoms in total. The molecule has 0 heterocycles. The summed E-state index contributed by atoms with van der Waals surface area (Å²) in [7, 11) is 1.59. The zero-order valence-corrected chi connectivity index (χ0v) is 9.09. The zero-order chi connectivity index (χ0) is 11.0. The van der Waals surface area contributed by atoms with Crippen molar-refractivity contribution in [1.82, 2.24) is 5.32 Å². The predicted molar refractivity (Wildman–Crippen MR) is 53.6 cm³/mol. The molecule has 14 heavy (non-hydrogen) atoms. The molecular weight excluding hydrogens is 180 g/mol. The van der Waals surface area contributed by atoms with Crippen LogP contribution in [-0.2, 0) is 9.53 Å². The van der Waals surface area contributed by atoms with Crippen LogP contribution in [0.25, 0.3) is 0 Å². The standard InChI is InChI=1S/C10H18N2O2/c1-10(2,14-3)8-9(13)12-7-5-4-6-11/h4-5,7-8H2,1-3H3,(H,12,13). The number of methoxy groups -OCH3 is 1. The van der Waals surface area contributed by atoms with E-state index in [1.807, 2.05) is 19.9 Å². The monoisotopic (exact) mass is 198 g/mol. The molecule has 0 atom stereocenters. The predicted octanol–water partition coefficient (Wildman–Crippen LogP) is 1.22. The summed E-state index contributed by atoms with van der Waals surface area (Å²) in [6, 6.07) is 2.02. The number of carbonyl (C=O) groups is 1. The quantitative estimate of drug-likeness (QED) is 0.653. The first kappa shape index (κ1) is 12.9. The molecule has 0 aliphatic carbocycles. The Morgan fingerprint density at radius 3 is 2.71 bits per heavy atom. The topological polar surface area (TPSA) is 62.1 Å². The second-order valence-electron chi connectivity index (χ2n) is 3.75. The summed E-state index contributed by atoms with van der Waals surface area (Å²) in [5, 5.41) is 11.0. The van der Waals surface area contributed by atoms with E-state index in [-0.39, 0.29) is 5.91 Å². The summed E-state index contributed by atoms with van der Waals surface area (Å²) < 4.78 is 5.12. The van der Waals surface area contributed by atoms with Crippen molar-refractivity contribution < 1.29 is 9.53 Å². The van der Waals surface area contributed by atoms with Gasteiger partial charge in [-0.2, -0.15) is 5.26 Å². The SMILES string of the molecule is COC(C)(C)CC(=O)NCCCC#N. The molecular formula is C10H18N2O2. The van der Waals surface area contributed by atoms with E-state index in [4.69, 9.17) is 10.00 Å². The number of amides is 1. The molecule has 0 aromatic carbocycles. The Kier molecular flexibility index (Phi) is 5.89. The van der Waals surface area contributed by atoms with E-state index >= 15 is 0 Å². The van der Waals surface area contributed by atoms with Gasteiger partial charge >= 0.3 is 0 Å². The summed E-state index contributed by atoms with van der Waals surface area (Å²) >= 11 is 0. The van der Waals surface area contributed by atoms with Crippen molar-refractivity contribution in [2.75, 3.05) is 13.7 Å². The Hall–Kier alpha value is -1.08. The fourth-order valence-corrected chi connectivity index (χ4v) is 0.917. The van der Waals surface area contributed by atoms with Gasteiger partial charge in [-0.25, -0.2) is 0 Å². The number of ether oxygens (including phenoxy) is 1. The number of hydrogen-bond donors (Lipinski definition) is 1. The average molecular weight is 198 g/mol. The number of rotatable bonds is 6. The Morgan fingerprint density at radius 2 is 2.21 bits per heavy atom. The van der Waals surface area contributed by atoms with Gasteiger partial charge in [-0.1, -0.05) is 0 Å². The molecule has 0 aromatic heterocycles. The van der Waals surface area contributed by atoms with Crippen LogP contribution in [0.3, 0.4) is 0 Å². The van der Waals surface area contributed by atoms with Gasteiger partial charge in [0.15, 0.2) is 0 Å². The number of nitrogens with zero attached hydrogens (tertiary/aromatic N) is 1. The van der Waals surface area contributed by atoms with Gasteiger partial charge in [-0.3, -0.25) is 4.79 Å². The molecule has 0 saturated heterocycles. The van der Waals surface area contributed by atoms with E-state index in [2.05, 4.69) is 5.32 Å². The smallest absolute Gasteiger partial charge is 0.222 e. The van der Waals surface area contributed by atoms with Gasteiger partial charge in [0.25, 0.3) is 0 Å². The van der Waals surface area contributed by atoms with Gasteiger partial charge in [0.1, 0.15) is 0 Å². The van der Waals surface area contributed by atoms with Gasteiger partial charge in [-0.15, -0.1) is 0 Å². The lowest BCUT2D eigenvalue weighted by Crippen LogP contribution is -2.34.